The molecule has 6 heteroatoms. The molecule has 122 valence electrons. The fraction of sp³-hybridized carbons (Fsp3) is 0.353. The molecule has 0 aliphatic rings. The number of rotatable bonds is 5. The van der Waals surface area contributed by atoms with Crippen molar-refractivity contribution >= 4 is 28.5 Å². The van der Waals surface area contributed by atoms with Crippen LogP contribution in [-0.2, 0) is 11.2 Å². The quantitative estimate of drug-likeness (QED) is 0.829. The predicted octanol–water partition coefficient (Wildman–Crippen LogP) is 3.36. The van der Waals surface area contributed by atoms with Gasteiger partial charge in [0.05, 0.1) is 5.52 Å². The predicted molar refractivity (Wildman–Crippen MR) is 85.6 cm³/mol. The van der Waals surface area contributed by atoms with Crippen molar-refractivity contribution < 1.29 is 19.1 Å². The fourth-order valence-corrected chi connectivity index (χ4v) is 2.76. The maximum absolute atomic E-state index is 13.5. The van der Waals surface area contributed by atoms with Gasteiger partial charge in [-0.3, -0.25) is 14.8 Å². The summed E-state index contributed by atoms with van der Waals surface area (Å²) in [5.74, 6) is -2.46. The Morgan fingerprint density at radius 3 is 2.52 bits per heavy atom. The molecule has 0 aliphatic carbocycles. The third-order valence-corrected chi connectivity index (χ3v) is 4.04. The Labute approximate surface area is 133 Å². The van der Waals surface area contributed by atoms with E-state index in [1.54, 1.807) is 12.3 Å². The molecule has 1 heterocycles. The van der Waals surface area contributed by atoms with Crippen LogP contribution >= 0.6 is 0 Å². The first-order valence-electron chi connectivity index (χ1n) is 7.34. The van der Waals surface area contributed by atoms with Gasteiger partial charge in [0, 0.05) is 24.4 Å². The lowest BCUT2D eigenvalue weighted by Gasteiger charge is -2.19. The second kappa shape index (κ2) is 6.32. The number of carboxylic acid groups (broad SMARTS) is 1. The topological polar surface area (TPSA) is 83.2 Å². The molecule has 0 aliphatic heterocycles. The number of aromatic nitrogens is 1. The summed E-state index contributed by atoms with van der Waals surface area (Å²) in [6, 6.07) is 4.18. The van der Waals surface area contributed by atoms with Gasteiger partial charge >= 0.3 is 5.97 Å². The van der Waals surface area contributed by atoms with Crippen molar-refractivity contribution in [3.8, 4) is 0 Å². The molecule has 0 bridgehead atoms. The second-order valence-electron chi connectivity index (χ2n) is 5.98. The van der Waals surface area contributed by atoms with E-state index in [4.69, 9.17) is 10.5 Å². The first-order chi connectivity index (χ1) is 10.7. The molecular weight excluding hydrogens is 299 g/mol. The van der Waals surface area contributed by atoms with Crippen molar-refractivity contribution in [2.45, 2.75) is 27.2 Å². The summed E-state index contributed by atoms with van der Waals surface area (Å²) in [7, 11) is 0. The molecule has 1 aromatic heterocycles. The first kappa shape index (κ1) is 16.9. The molecule has 2 aromatic rings. The molecule has 0 amide bonds. The Morgan fingerprint density at radius 1 is 1.35 bits per heavy atom. The number of benzene rings is 1. The highest BCUT2D eigenvalue weighted by Gasteiger charge is 2.26. The Kier molecular flexibility index (Phi) is 4.63. The molecule has 0 spiro atoms. The maximum atomic E-state index is 13.5. The molecule has 1 aromatic carbocycles. The van der Waals surface area contributed by atoms with Gasteiger partial charge in [-0.05, 0) is 36.1 Å². The van der Waals surface area contributed by atoms with Crippen LogP contribution in [0.4, 0.5) is 4.39 Å². The molecule has 0 saturated heterocycles. The molecule has 0 saturated carbocycles. The summed E-state index contributed by atoms with van der Waals surface area (Å²) in [6.07, 6.45) is 1.92. The monoisotopic (exact) mass is 318 g/mol. The summed E-state index contributed by atoms with van der Waals surface area (Å²) in [5.41, 5.74) is 0.836. The van der Waals surface area contributed by atoms with E-state index >= 15 is 0 Å². The number of carbonyl (C=O) groups is 2. The van der Waals surface area contributed by atoms with Crippen molar-refractivity contribution in [3.05, 3.63) is 35.8 Å². The molecule has 2 N–H and O–H groups in total. The van der Waals surface area contributed by atoms with Crippen LogP contribution in [-0.4, -0.2) is 27.3 Å². The number of carboxylic acids is 1. The Bertz CT molecular complexity index is 792. The summed E-state index contributed by atoms with van der Waals surface area (Å²) < 4.78 is 14.8. The Hall–Kier alpha value is -2.50. The minimum absolute atomic E-state index is 0.0465. The average molecular weight is 318 g/mol. The highest BCUT2D eigenvalue weighted by molar-refractivity contribution is 6.35. The lowest BCUT2D eigenvalue weighted by Crippen LogP contribution is -2.28. The van der Waals surface area contributed by atoms with Gasteiger partial charge in [-0.1, -0.05) is 13.8 Å². The van der Waals surface area contributed by atoms with Gasteiger partial charge in [0.2, 0.25) is 5.91 Å². The van der Waals surface area contributed by atoms with Crippen LogP contribution in [0.3, 0.4) is 0 Å². The van der Waals surface area contributed by atoms with Crippen LogP contribution in [0.1, 0.15) is 31.1 Å². The van der Waals surface area contributed by atoms with Gasteiger partial charge in [0.1, 0.15) is 11.5 Å². The largest absolute Gasteiger partial charge is 0.477 e. The van der Waals surface area contributed by atoms with Crippen LogP contribution in [0.5, 0.6) is 0 Å². The van der Waals surface area contributed by atoms with E-state index in [1.165, 1.54) is 23.6 Å². The third kappa shape index (κ3) is 3.31. The van der Waals surface area contributed by atoms with E-state index in [1.807, 2.05) is 13.8 Å². The third-order valence-electron chi connectivity index (χ3n) is 4.04. The molecule has 23 heavy (non-hydrogen) atoms. The molecule has 0 fully saturated rings. The molecular formula is C17H19FN2O3. The molecule has 1 atom stereocenters. The fourth-order valence-electron chi connectivity index (χ4n) is 2.76. The van der Waals surface area contributed by atoms with E-state index in [0.29, 0.717) is 17.3 Å². The van der Waals surface area contributed by atoms with E-state index in [9.17, 15) is 14.0 Å². The van der Waals surface area contributed by atoms with E-state index in [-0.39, 0.29) is 17.5 Å². The molecule has 5 nitrogen and oxygen atoms in total. The zero-order valence-corrected chi connectivity index (χ0v) is 13.3. The van der Waals surface area contributed by atoms with Crippen molar-refractivity contribution in [2.75, 3.05) is 0 Å². The standard InChI is InChI=1S/C17H19FN2O3/c1-9(2)14(16(19)17(22)23)6-11-8-20(10(3)21)15-7-12(18)4-5-13(11)15/h4-5,7-9,14,19H,6H2,1-3H3,(H,22,23). The zero-order valence-electron chi connectivity index (χ0n) is 13.3. The highest BCUT2D eigenvalue weighted by atomic mass is 19.1. The summed E-state index contributed by atoms with van der Waals surface area (Å²) in [4.78, 5) is 22.9. The highest BCUT2D eigenvalue weighted by Crippen LogP contribution is 2.27. The van der Waals surface area contributed by atoms with Gasteiger partial charge in [-0.25, -0.2) is 9.18 Å². The van der Waals surface area contributed by atoms with Crippen molar-refractivity contribution in [2.24, 2.45) is 11.8 Å². The number of hydrogen-bond acceptors (Lipinski definition) is 3. The molecule has 1 unspecified atom stereocenters. The van der Waals surface area contributed by atoms with E-state index < -0.39 is 17.7 Å². The van der Waals surface area contributed by atoms with Crippen LogP contribution in [0, 0.1) is 23.1 Å². The number of carbonyl (C=O) groups excluding carboxylic acids is 1. The van der Waals surface area contributed by atoms with Crippen LogP contribution in [0.2, 0.25) is 0 Å². The van der Waals surface area contributed by atoms with Gasteiger partial charge in [-0.15, -0.1) is 0 Å². The number of hydrogen-bond donors (Lipinski definition) is 2. The smallest absolute Gasteiger partial charge is 0.349 e. The van der Waals surface area contributed by atoms with Crippen LogP contribution < -0.4 is 0 Å². The minimum atomic E-state index is -1.25. The number of halogens is 1. The van der Waals surface area contributed by atoms with Crippen molar-refractivity contribution in [3.63, 3.8) is 0 Å². The van der Waals surface area contributed by atoms with Crippen LogP contribution in [0.25, 0.3) is 10.9 Å². The summed E-state index contributed by atoms with van der Waals surface area (Å²) in [6.45, 7) is 5.09. The number of nitrogens with zero attached hydrogens (tertiary/aromatic N) is 1. The molecule has 2 rings (SSSR count). The number of aliphatic carboxylic acids is 1. The van der Waals surface area contributed by atoms with Gasteiger partial charge in [0.15, 0.2) is 0 Å². The van der Waals surface area contributed by atoms with E-state index in [0.717, 1.165) is 5.56 Å². The van der Waals surface area contributed by atoms with Gasteiger partial charge < -0.3 is 5.11 Å². The summed E-state index contributed by atoms with van der Waals surface area (Å²) >= 11 is 0. The normalized spacial score (nSPS) is 12.6. The van der Waals surface area contributed by atoms with E-state index in [2.05, 4.69) is 0 Å². The Balaban J connectivity index is 2.53. The minimum Gasteiger partial charge on any atom is -0.477 e. The maximum Gasteiger partial charge on any atom is 0.349 e. The average Bonchev–Trinajstić information content (AvgIpc) is 2.81. The second-order valence-corrected chi connectivity index (χ2v) is 5.98. The summed E-state index contributed by atoms with van der Waals surface area (Å²) in [5, 5.41) is 17.6. The Morgan fingerprint density at radius 2 is 2.00 bits per heavy atom. The zero-order chi connectivity index (χ0) is 17.3. The van der Waals surface area contributed by atoms with Crippen LogP contribution in [0.15, 0.2) is 24.4 Å². The lowest BCUT2D eigenvalue weighted by molar-refractivity contribution is -0.129. The van der Waals surface area contributed by atoms with Crippen molar-refractivity contribution in [1.82, 2.24) is 4.57 Å². The van der Waals surface area contributed by atoms with Crippen molar-refractivity contribution in [1.29, 1.82) is 5.41 Å². The number of fused-ring (bicyclic) bond motifs is 1. The van der Waals surface area contributed by atoms with Gasteiger partial charge in [0.25, 0.3) is 0 Å². The molecule has 0 radical (unpaired) electrons. The first-order valence-corrected chi connectivity index (χ1v) is 7.34. The lowest BCUT2D eigenvalue weighted by atomic mass is 9.85. The number of nitrogens with one attached hydrogen (secondary N) is 1. The SMILES string of the molecule is CC(=O)n1cc(CC(C(=N)C(=O)O)C(C)C)c2ccc(F)cc21. The van der Waals surface area contributed by atoms with Gasteiger partial charge in [-0.2, -0.15) is 0 Å².